The lowest BCUT2D eigenvalue weighted by atomic mass is 9.84. The third-order valence-corrected chi connectivity index (χ3v) is 5.99. The molecule has 3 aliphatic rings. The molecule has 3 aliphatic heterocycles. The number of nitriles is 1. The van der Waals surface area contributed by atoms with Gasteiger partial charge < -0.3 is 9.64 Å². The van der Waals surface area contributed by atoms with E-state index < -0.39 is 0 Å². The second-order valence-electron chi connectivity index (χ2n) is 7.64. The number of piperidine rings is 1. The van der Waals surface area contributed by atoms with Gasteiger partial charge in [-0.3, -0.25) is 4.90 Å². The summed E-state index contributed by atoms with van der Waals surface area (Å²) in [4.78, 5) is 5.14. The summed E-state index contributed by atoms with van der Waals surface area (Å²) in [6.45, 7) is 7.83. The standard InChI is InChI=1S/C20H27N3O/c21-11-16-4-3-5-17(10-16)12-23-9-6-18-15-24-20(19(18)13-23)14-22-7-1-2-8-22/h3-5,10,18-20H,1-2,6-9,12-15H2/t18-,19-,20+/m1/s1. The lowest BCUT2D eigenvalue weighted by molar-refractivity contribution is 0.0484. The fraction of sp³-hybridized carbons (Fsp3) is 0.650. The number of hydrogen-bond acceptors (Lipinski definition) is 4. The minimum Gasteiger partial charge on any atom is -0.376 e. The summed E-state index contributed by atoms with van der Waals surface area (Å²) < 4.78 is 6.19. The monoisotopic (exact) mass is 325 g/mol. The van der Waals surface area contributed by atoms with Crippen LogP contribution in [-0.4, -0.2) is 55.2 Å². The Bertz CT molecular complexity index is 605. The molecule has 0 bridgehead atoms. The van der Waals surface area contributed by atoms with E-state index in [0.717, 1.165) is 44.3 Å². The molecule has 4 nitrogen and oxygen atoms in total. The van der Waals surface area contributed by atoms with Crippen molar-refractivity contribution in [3.63, 3.8) is 0 Å². The van der Waals surface area contributed by atoms with Crippen LogP contribution >= 0.6 is 0 Å². The van der Waals surface area contributed by atoms with E-state index in [1.54, 1.807) is 0 Å². The molecular weight excluding hydrogens is 298 g/mol. The van der Waals surface area contributed by atoms with Crippen LogP contribution in [0.3, 0.4) is 0 Å². The maximum absolute atomic E-state index is 9.08. The lowest BCUT2D eigenvalue weighted by Crippen LogP contribution is -2.44. The predicted molar refractivity (Wildman–Crippen MR) is 93.4 cm³/mol. The van der Waals surface area contributed by atoms with E-state index >= 15 is 0 Å². The third-order valence-electron chi connectivity index (χ3n) is 5.99. The summed E-state index contributed by atoms with van der Waals surface area (Å²) >= 11 is 0. The highest BCUT2D eigenvalue weighted by Gasteiger charge is 2.41. The van der Waals surface area contributed by atoms with Gasteiger partial charge in [-0.05, 0) is 62.5 Å². The Hall–Kier alpha value is -1.41. The average Bonchev–Trinajstić information content (AvgIpc) is 3.26. The molecule has 1 aromatic carbocycles. The fourth-order valence-electron chi connectivity index (χ4n) is 4.65. The van der Waals surface area contributed by atoms with E-state index in [9.17, 15) is 0 Å². The molecule has 24 heavy (non-hydrogen) atoms. The first-order valence-corrected chi connectivity index (χ1v) is 9.37. The molecule has 4 rings (SSSR count). The van der Waals surface area contributed by atoms with Gasteiger partial charge in [-0.2, -0.15) is 5.26 Å². The summed E-state index contributed by atoms with van der Waals surface area (Å²) in [6.07, 6.45) is 4.37. The first kappa shape index (κ1) is 16.1. The van der Waals surface area contributed by atoms with Gasteiger partial charge in [0.05, 0.1) is 24.3 Å². The quantitative estimate of drug-likeness (QED) is 0.853. The summed E-state index contributed by atoms with van der Waals surface area (Å²) in [6, 6.07) is 10.3. The molecular formula is C20H27N3O. The molecule has 0 amide bonds. The molecule has 3 heterocycles. The first-order chi connectivity index (χ1) is 11.8. The van der Waals surface area contributed by atoms with Gasteiger partial charge in [0, 0.05) is 25.6 Å². The van der Waals surface area contributed by atoms with Crippen LogP contribution in [0.25, 0.3) is 0 Å². The van der Waals surface area contributed by atoms with Crippen LogP contribution in [-0.2, 0) is 11.3 Å². The Morgan fingerprint density at radius 1 is 1.17 bits per heavy atom. The Morgan fingerprint density at radius 2 is 2.04 bits per heavy atom. The van der Waals surface area contributed by atoms with Gasteiger partial charge in [-0.15, -0.1) is 0 Å². The molecule has 128 valence electrons. The zero-order valence-corrected chi connectivity index (χ0v) is 14.4. The average molecular weight is 325 g/mol. The van der Waals surface area contributed by atoms with Crippen molar-refractivity contribution >= 4 is 0 Å². The van der Waals surface area contributed by atoms with E-state index in [1.165, 1.54) is 37.9 Å². The van der Waals surface area contributed by atoms with Gasteiger partial charge in [-0.1, -0.05) is 12.1 Å². The van der Waals surface area contributed by atoms with Crippen LogP contribution in [0.5, 0.6) is 0 Å². The van der Waals surface area contributed by atoms with Crippen LogP contribution in [0.15, 0.2) is 24.3 Å². The highest BCUT2D eigenvalue weighted by molar-refractivity contribution is 5.32. The minimum atomic E-state index is 0.418. The van der Waals surface area contributed by atoms with Crippen molar-refractivity contribution in [3.05, 3.63) is 35.4 Å². The van der Waals surface area contributed by atoms with Crippen molar-refractivity contribution in [1.29, 1.82) is 5.26 Å². The number of rotatable bonds is 4. The molecule has 0 aliphatic carbocycles. The van der Waals surface area contributed by atoms with Crippen molar-refractivity contribution < 1.29 is 4.74 Å². The first-order valence-electron chi connectivity index (χ1n) is 9.37. The minimum absolute atomic E-state index is 0.418. The van der Waals surface area contributed by atoms with Crippen LogP contribution in [0.4, 0.5) is 0 Å². The normalized spacial score (nSPS) is 31.0. The maximum atomic E-state index is 9.08. The predicted octanol–water partition coefficient (Wildman–Crippen LogP) is 2.49. The molecule has 0 radical (unpaired) electrons. The number of hydrogen-bond donors (Lipinski definition) is 0. The van der Waals surface area contributed by atoms with Gasteiger partial charge in [-0.25, -0.2) is 0 Å². The molecule has 1 aromatic rings. The summed E-state index contributed by atoms with van der Waals surface area (Å²) in [7, 11) is 0. The molecule has 0 saturated carbocycles. The van der Waals surface area contributed by atoms with Crippen molar-refractivity contribution in [2.24, 2.45) is 11.8 Å². The summed E-state index contributed by atoms with van der Waals surface area (Å²) in [5.41, 5.74) is 2.01. The zero-order valence-electron chi connectivity index (χ0n) is 14.4. The SMILES string of the molecule is N#Cc1cccc(CN2CC[C@@H]3CO[C@@H](CN4CCCC4)[C@@H]3C2)c1. The molecule has 3 atom stereocenters. The van der Waals surface area contributed by atoms with Crippen LogP contribution in [0.2, 0.25) is 0 Å². The van der Waals surface area contributed by atoms with E-state index in [4.69, 9.17) is 10.00 Å². The molecule has 0 unspecified atom stereocenters. The van der Waals surface area contributed by atoms with Gasteiger partial charge in [0.25, 0.3) is 0 Å². The Labute approximate surface area is 145 Å². The van der Waals surface area contributed by atoms with Gasteiger partial charge in [0.2, 0.25) is 0 Å². The topological polar surface area (TPSA) is 39.5 Å². The van der Waals surface area contributed by atoms with Crippen LogP contribution in [0, 0.1) is 23.2 Å². The third kappa shape index (κ3) is 3.49. The van der Waals surface area contributed by atoms with Crippen molar-refractivity contribution in [1.82, 2.24) is 9.80 Å². The second kappa shape index (κ2) is 7.23. The van der Waals surface area contributed by atoms with Gasteiger partial charge >= 0.3 is 0 Å². The molecule has 0 N–H and O–H groups in total. The fourth-order valence-corrected chi connectivity index (χ4v) is 4.65. The maximum Gasteiger partial charge on any atom is 0.0991 e. The Kier molecular flexibility index (Phi) is 4.84. The number of fused-ring (bicyclic) bond motifs is 1. The number of benzene rings is 1. The number of nitrogens with zero attached hydrogens (tertiary/aromatic N) is 3. The highest BCUT2D eigenvalue weighted by atomic mass is 16.5. The smallest absolute Gasteiger partial charge is 0.0991 e. The Balaban J connectivity index is 1.37. The molecule has 4 heteroatoms. The molecule has 3 fully saturated rings. The van der Waals surface area contributed by atoms with Crippen LogP contribution < -0.4 is 0 Å². The summed E-state index contributed by atoms with van der Waals surface area (Å²) in [5, 5.41) is 9.08. The van der Waals surface area contributed by atoms with Crippen molar-refractivity contribution in [2.45, 2.75) is 31.9 Å². The van der Waals surface area contributed by atoms with E-state index in [2.05, 4.69) is 21.9 Å². The number of ether oxygens (including phenoxy) is 1. The summed E-state index contributed by atoms with van der Waals surface area (Å²) in [5.74, 6) is 1.43. The molecule has 0 spiro atoms. The van der Waals surface area contributed by atoms with Crippen LogP contribution in [0.1, 0.15) is 30.4 Å². The zero-order chi connectivity index (χ0) is 16.4. The molecule has 0 aromatic heterocycles. The number of likely N-dealkylation sites (tertiary alicyclic amines) is 2. The van der Waals surface area contributed by atoms with Gasteiger partial charge in [0.1, 0.15) is 0 Å². The highest BCUT2D eigenvalue weighted by Crippen LogP contribution is 2.35. The van der Waals surface area contributed by atoms with E-state index in [1.807, 2.05) is 18.2 Å². The second-order valence-corrected chi connectivity index (χ2v) is 7.64. The Morgan fingerprint density at radius 3 is 2.88 bits per heavy atom. The van der Waals surface area contributed by atoms with E-state index in [-0.39, 0.29) is 0 Å². The van der Waals surface area contributed by atoms with Crippen molar-refractivity contribution in [3.8, 4) is 6.07 Å². The van der Waals surface area contributed by atoms with E-state index in [0.29, 0.717) is 12.0 Å². The molecule has 3 saturated heterocycles. The van der Waals surface area contributed by atoms with Gasteiger partial charge in [0.15, 0.2) is 0 Å². The lowest BCUT2D eigenvalue weighted by Gasteiger charge is -2.36. The largest absolute Gasteiger partial charge is 0.376 e. The van der Waals surface area contributed by atoms with Crippen molar-refractivity contribution in [2.75, 3.05) is 39.3 Å².